The van der Waals surface area contributed by atoms with Gasteiger partial charge in [-0.3, -0.25) is 9.48 Å². The minimum atomic E-state index is 0.122. The number of aryl methyl sites for hydroxylation is 1. The van der Waals surface area contributed by atoms with E-state index in [-0.39, 0.29) is 5.78 Å². The van der Waals surface area contributed by atoms with Crippen LogP contribution < -0.4 is 0 Å². The van der Waals surface area contributed by atoms with Gasteiger partial charge in [0.2, 0.25) is 0 Å². The molecule has 17 heavy (non-hydrogen) atoms. The van der Waals surface area contributed by atoms with Crippen LogP contribution >= 0.6 is 22.6 Å². The van der Waals surface area contributed by atoms with Crippen LogP contribution in [0.15, 0.2) is 30.5 Å². The van der Waals surface area contributed by atoms with Crippen LogP contribution in [0.1, 0.15) is 21.6 Å². The molecule has 0 fully saturated rings. The first-order valence-corrected chi connectivity index (χ1v) is 6.42. The minimum Gasteiger partial charge on any atom is -0.294 e. The topological polar surface area (TPSA) is 34.9 Å². The summed E-state index contributed by atoms with van der Waals surface area (Å²) in [5.74, 6) is 0.122. The van der Waals surface area contributed by atoms with E-state index in [0.29, 0.717) is 12.0 Å². The van der Waals surface area contributed by atoms with Gasteiger partial charge in [-0.2, -0.15) is 5.10 Å². The van der Waals surface area contributed by atoms with Crippen molar-refractivity contribution in [3.05, 3.63) is 50.9 Å². The zero-order chi connectivity index (χ0) is 12.4. The smallest absolute Gasteiger partial charge is 0.170 e. The lowest BCUT2D eigenvalue weighted by atomic mass is 10.0. The molecule has 1 heterocycles. The van der Waals surface area contributed by atoms with Crippen LogP contribution in [0.2, 0.25) is 0 Å². The lowest BCUT2D eigenvalue weighted by molar-refractivity contribution is 0.0992. The Bertz CT molecular complexity index is 543. The molecule has 2 rings (SSSR count). The molecule has 0 aliphatic carbocycles. The maximum Gasteiger partial charge on any atom is 0.170 e. The predicted molar refractivity (Wildman–Crippen MR) is 75.1 cm³/mol. The molecule has 1 aromatic heterocycles. The van der Waals surface area contributed by atoms with Crippen molar-refractivity contribution in [3.8, 4) is 0 Å². The highest BCUT2D eigenvalue weighted by Crippen LogP contribution is 2.12. The number of aromatic nitrogens is 2. The van der Waals surface area contributed by atoms with E-state index in [2.05, 4.69) is 27.7 Å². The molecule has 0 saturated heterocycles. The molecule has 0 N–H and O–H groups in total. The quantitative estimate of drug-likeness (QED) is 0.636. The molecule has 0 amide bonds. The van der Waals surface area contributed by atoms with Crippen molar-refractivity contribution in [2.75, 3.05) is 0 Å². The summed E-state index contributed by atoms with van der Waals surface area (Å²) in [5.41, 5.74) is 2.67. The molecule has 1 aromatic carbocycles. The molecule has 0 atom stereocenters. The second-order valence-electron chi connectivity index (χ2n) is 3.99. The Morgan fingerprint density at radius 3 is 2.53 bits per heavy atom. The first-order chi connectivity index (χ1) is 8.08. The largest absolute Gasteiger partial charge is 0.294 e. The Labute approximate surface area is 114 Å². The van der Waals surface area contributed by atoms with Gasteiger partial charge in [0.1, 0.15) is 0 Å². The summed E-state index contributed by atoms with van der Waals surface area (Å²) < 4.78 is 2.90. The lowest BCUT2D eigenvalue weighted by Gasteiger charge is -2.01. The van der Waals surface area contributed by atoms with Gasteiger partial charge in [-0.05, 0) is 47.2 Å². The molecule has 2 aromatic rings. The van der Waals surface area contributed by atoms with Crippen LogP contribution in [0.4, 0.5) is 0 Å². The molecule has 0 spiro atoms. The number of rotatable bonds is 3. The Morgan fingerprint density at radius 1 is 1.35 bits per heavy atom. The molecule has 4 heteroatoms. The maximum atomic E-state index is 12.1. The zero-order valence-electron chi connectivity index (χ0n) is 9.77. The first kappa shape index (κ1) is 12.3. The summed E-state index contributed by atoms with van der Waals surface area (Å²) in [7, 11) is 1.84. The summed E-state index contributed by atoms with van der Waals surface area (Å²) in [6, 6.07) is 8.01. The molecule has 0 unspecified atom stereocenters. The summed E-state index contributed by atoms with van der Waals surface area (Å²) >= 11 is 2.25. The van der Waals surface area contributed by atoms with Crippen LogP contribution in [-0.4, -0.2) is 15.6 Å². The highest BCUT2D eigenvalue weighted by Gasteiger charge is 2.13. The van der Waals surface area contributed by atoms with E-state index in [1.807, 2.05) is 38.2 Å². The molecular formula is C13H13IN2O. The monoisotopic (exact) mass is 340 g/mol. The van der Waals surface area contributed by atoms with E-state index in [9.17, 15) is 4.79 Å². The van der Waals surface area contributed by atoms with Crippen molar-refractivity contribution in [2.24, 2.45) is 7.05 Å². The SMILES string of the molecule is Cc1c(C(=O)Cc2ccc(I)cc2)cnn1C. The minimum absolute atomic E-state index is 0.122. The zero-order valence-corrected chi connectivity index (χ0v) is 11.9. The van der Waals surface area contributed by atoms with Gasteiger partial charge >= 0.3 is 0 Å². The Hall–Kier alpha value is -1.17. The number of carbonyl (C=O) groups excluding carboxylic acids is 1. The lowest BCUT2D eigenvalue weighted by Crippen LogP contribution is -2.05. The van der Waals surface area contributed by atoms with Gasteiger partial charge < -0.3 is 0 Å². The molecular weight excluding hydrogens is 327 g/mol. The third-order valence-corrected chi connectivity index (χ3v) is 3.53. The standard InChI is InChI=1S/C13H13IN2O/c1-9-12(8-15-16(9)2)13(17)7-10-3-5-11(14)6-4-10/h3-6,8H,7H2,1-2H3. The van der Waals surface area contributed by atoms with Gasteiger partial charge in [-0.25, -0.2) is 0 Å². The number of ketones is 1. The number of hydrogen-bond acceptors (Lipinski definition) is 2. The van der Waals surface area contributed by atoms with Gasteiger partial charge in [0, 0.05) is 22.7 Å². The van der Waals surface area contributed by atoms with Gasteiger partial charge in [0.05, 0.1) is 11.8 Å². The number of Topliss-reactive ketones (excluding diaryl/α,β-unsaturated/α-hetero) is 1. The second kappa shape index (κ2) is 5.00. The summed E-state index contributed by atoms with van der Waals surface area (Å²) in [5, 5.41) is 4.09. The van der Waals surface area contributed by atoms with E-state index in [1.165, 1.54) is 3.57 Å². The molecule has 0 bridgehead atoms. The van der Waals surface area contributed by atoms with Crippen LogP contribution in [0.3, 0.4) is 0 Å². The van der Waals surface area contributed by atoms with E-state index in [0.717, 1.165) is 11.3 Å². The average molecular weight is 340 g/mol. The Morgan fingerprint density at radius 2 is 2.00 bits per heavy atom. The average Bonchev–Trinajstić information content (AvgIpc) is 2.63. The normalized spacial score (nSPS) is 10.5. The fourth-order valence-electron chi connectivity index (χ4n) is 1.66. The molecule has 3 nitrogen and oxygen atoms in total. The highest BCUT2D eigenvalue weighted by atomic mass is 127. The number of carbonyl (C=O) groups is 1. The van der Waals surface area contributed by atoms with Crippen LogP contribution in [-0.2, 0) is 13.5 Å². The number of halogens is 1. The predicted octanol–water partition coefficient (Wildman–Crippen LogP) is 2.76. The fraction of sp³-hybridized carbons (Fsp3) is 0.231. The third-order valence-electron chi connectivity index (χ3n) is 2.81. The van der Waals surface area contributed by atoms with Crippen LogP contribution in [0.5, 0.6) is 0 Å². The third kappa shape index (κ3) is 2.74. The number of benzene rings is 1. The molecule has 88 valence electrons. The van der Waals surface area contributed by atoms with Crippen LogP contribution in [0.25, 0.3) is 0 Å². The van der Waals surface area contributed by atoms with Crippen molar-refractivity contribution in [3.63, 3.8) is 0 Å². The van der Waals surface area contributed by atoms with Crippen molar-refractivity contribution >= 4 is 28.4 Å². The molecule has 0 aliphatic heterocycles. The van der Waals surface area contributed by atoms with Gasteiger partial charge in [0.25, 0.3) is 0 Å². The first-order valence-electron chi connectivity index (χ1n) is 5.34. The number of hydrogen-bond donors (Lipinski definition) is 0. The highest BCUT2D eigenvalue weighted by molar-refractivity contribution is 14.1. The molecule has 0 radical (unpaired) electrons. The Balaban J connectivity index is 2.17. The van der Waals surface area contributed by atoms with Crippen molar-refractivity contribution in [2.45, 2.75) is 13.3 Å². The van der Waals surface area contributed by atoms with Gasteiger partial charge in [-0.1, -0.05) is 12.1 Å². The second-order valence-corrected chi connectivity index (χ2v) is 5.24. The maximum absolute atomic E-state index is 12.1. The van der Waals surface area contributed by atoms with Gasteiger partial charge in [-0.15, -0.1) is 0 Å². The Kier molecular flexibility index (Phi) is 3.61. The molecule has 0 aliphatic rings. The summed E-state index contributed by atoms with van der Waals surface area (Å²) in [6.45, 7) is 1.91. The van der Waals surface area contributed by atoms with E-state index < -0.39 is 0 Å². The van der Waals surface area contributed by atoms with E-state index in [1.54, 1.807) is 10.9 Å². The van der Waals surface area contributed by atoms with Crippen LogP contribution in [0, 0.1) is 10.5 Å². The van der Waals surface area contributed by atoms with Crippen molar-refractivity contribution < 1.29 is 4.79 Å². The van der Waals surface area contributed by atoms with Crippen molar-refractivity contribution in [1.82, 2.24) is 9.78 Å². The summed E-state index contributed by atoms with van der Waals surface area (Å²) in [6.07, 6.45) is 2.08. The number of nitrogens with zero attached hydrogens (tertiary/aromatic N) is 2. The van der Waals surface area contributed by atoms with Crippen molar-refractivity contribution in [1.29, 1.82) is 0 Å². The van der Waals surface area contributed by atoms with E-state index in [4.69, 9.17) is 0 Å². The van der Waals surface area contributed by atoms with Gasteiger partial charge in [0.15, 0.2) is 5.78 Å². The molecule has 0 saturated carbocycles. The summed E-state index contributed by atoms with van der Waals surface area (Å²) in [4.78, 5) is 12.1. The fourth-order valence-corrected chi connectivity index (χ4v) is 2.01. The van der Waals surface area contributed by atoms with E-state index >= 15 is 0 Å².